The van der Waals surface area contributed by atoms with Crippen LogP contribution in [0.3, 0.4) is 0 Å². The molecule has 1 saturated heterocycles. The van der Waals surface area contributed by atoms with Crippen molar-refractivity contribution in [2.24, 2.45) is 5.14 Å². The van der Waals surface area contributed by atoms with Gasteiger partial charge >= 0.3 is 5.97 Å². The molecule has 1 aromatic carbocycles. The van der Waals surface area contributed by atoms with E-state index in [-0.39, 0.29) is 22.3 Å². The van der Waals surface area contributed by atoms with Gasteiger partial charge in [-0.15, -0.1) is 0 Å². The van der Waals surface area contributed by atoms with Crippen LogP contribution in [-0.2, 0) is 14.8 Å². The number of aromatic carboxylic acids is 1. The van der Waals surface area contributed by atoms with Gasteiger partial charge in [0.25, 0.3) is 0 Å². The summed E-state index contributed by atoms with van der Waals surface area (Å²) in [4.78, 5) is 10.9. The van der Waals surface area contributed by atoms with Crippen molar-refractivity contribution in [1.82, 2.24) is 0 Å². The van der Waals surface area contributed by atoms with Crippen LogP contribution in [-0.4, -0.2) is 38.8 Å². The van der Waals surface area contributed by atoms with Crippen molar-refractivity contribution in [3.05, 3.63) is 23.8 Å². The fourth-order valence-corrected chi connectivity index (χ4v) is 2.69. The van der Waals surface area contributed by atoms with E-state index in [9.17, 15) is 13.2 Å². The van der Waals surface area contributed by atoms with E-state index in [1.165, 1.54) is 12.1 Å². The number of hydrogen-bond donors (Lipinski definition) is 2. The predicted octanol–water partition coefficient (Wildman–Crippen LogP) is 0.980. The molecule has 1 heterocycles. The number of nitrogens with two attached hydrogens (primary N) is 1. The molecule has 1 atom stereocenters. The van der Waals surface area contributed by atoms with Crippen molar-refractivity contribution in [3.63, 3.8) is 0 Å². The van der Waals surface area contributed by atoms with E-state index in [1.807, 2.05) is 0 Å². The van der Waals surface area contributed by atoms with Crippen LogP contribution in [0.2, 0.25) is 0 Å². The Balaban J connectivity index is 2.09. The third-order valence-corrected chi connectivity index (χ3v) is 4.14. The number of sulfonamides is 1. The van der Waals surface area contributed by atoms with E-state index in [0.29, 0.717) is 13.0 Å². The molecular weight excluding hydrogens is 298 g/mol. The fraction of sp³-hybridized carbons (Fsp3) is 0.462. The predicted molar refractivity (Wildman–Crippen MR) is 73.9 cm³/mol. The molecule has 0 bridgehead atoms. The van der Waals surface area contributed by atoms with E-state index in [2.05, 4.69) is 0 Å². The molecule has 0 amide bonds. The van der Waals surface area contributed by atoms with Gasteiger partial charge in [-0.05, 0) is 31.0 Å². The van der Waals surface area contributed by atoms with Crippen LogP contribution in [0.1, 0.15) is 29.6 Å². The Kier molecular flexibility index (Phi) is 4.81. The summed E-state index contributed by atoms with van der Waals surface area (Å²) in [5.74, 6) is -1.15. The summed E-state index contributed by atoms with van der Waals surface area (Å²) in [5, 5.41) is 14.1. The third kappa shape index (κ3) is 4.16. The largest absolute Gasteiger partial charge is 0.493 e. The van der Waals surface area contributed by atoms with Gasteiger partial charge in [0.1, 0.15) is 11.3 Å². The summed E-state index contributed by atoms with van der Waals surface area (Å²) < 4.78 is 33.3. The minimum Gasteiger partial charge on any atom is -0.493 e. The Hall–Kier alpha value is -1.64. The zero-order chi connectivity index (χ0) is 15.5. The molecule has 8 heteroatoms. The Bertz CT molecular complexity index is 622. The lowest BCUT2D eigenvalue weighted by Gasteiger charge is -2.12. The molecule has 0 radical (unpaired) electrons. The van der Waals surface area contributed by atoms with Gasteiger partial charge in [-0.2, -0.15) is 0 Å². The van der Waals surface area contributed by atoms with E-state index >= 15 is 0 Å². The molecule has 1 aromatic rings. The molecule has 116 valence electrons. The fourth-order valence-electron chi connectivity index (χ4n) is 2.15. The van der Waals surface area contributed by atoms with Gasteiger partial charge in [0.15, 0.2) is 0 Å². The lowest BCUT2D eigenvalue weighted by molar-refractivity contribution is 0.0688. The van der Waals surface area contributed by atoms with Crippen molar-refractivity contribution >= 4 is 16.0 Å². The molecule has 1 aliphatic heterocycles. The number of primary sulfonamides is 1. The van der Waals surface area contributed by atoms with Gasteiger partial charge in [-0.3, -0.25) is 0 Å². The molecule has 0 aliphatic carbocycles. The third-order valence-electron chi connectivity index (χ3n) is 3.23. The van der Waals surface area contributed by atoms with Crippen LogP contribution in [0.4, 0.5) is 0 Å². The maximum absolute atomic E-state index is 11.2. The monoisotopic (exact) mass is 315 g/mol. The molecule has 2 rings (SSSR count). The lowest BCUT2D eigenvalue weighted by Crippen LogP contribution is -2.15. The Morgan fingerprint density at radius 2 is 2.24 bits per heavy atom. The average Bonchev–Trinajstić information content (AvgIpc) is 2.90. The van der Waals surface area contributed by atoms with Gasteiger partial charge in [-0.1, -0.05) is 0 Å². The Morgan fingerprint density at radius 1 is 1.48 bits per heavy atom. The topological polar surface area (TPSA) is 116 Å². The van der Waals surface area contributed by atoms with E-state index in [4.69, 9.17) is 19.7 Å². The van der Waals surface area contributed by atoms with Crippen LogP contribution in [0.5, 0.6) is 5.75 Å². The Labute approximate surface area is 122 Å². The molecule has 0 spiro atoms. The molecule has 1 unspecified atom stereocenters. The second kappa shape index (κ2) is 6.42. The SMILES string of the molecule is NS(=O)(=O)c1ccc(OCCC2CCCO2)c(C(=O)O)c1. The molecule has 21 heavy (non-hydrogen) atoms. The second-order valence-electron chi connectivity index (χ2n) is 4.78. The molecular formula is C13H17NO6S. The van der Waals surface area contributed by atoms with E-state index in [1.54, 1.807) is 0 Å². The van der Waals surface area contributed by atoms with Crippen molar-refractivity contribution in [2.75, 3.05) is 13.2 Å². The highest BCUT2D eigenvalue weighted by molar-refractivity contribution is 7.89. The second-order valence-corrected chi connectivity index (χ2v) is 6.34. The number of rotatable bonds is 6. The first-order chi connectivity index (χ1) is 9.88. The number of carboxylic acid groups (broad SMARTS) is 1. The van der Waals surface area contributed by atoms with Gasteiger partial charge in [0.2, 0.25) is 10.0 Å². The first-order valence-corrected chi connectivity index (χ1v) is 8.07. The van der Waals surface area contributed by atoms with Crippen molar-refractivity contribution in [1.29, 1.82) is 0 Å². The van der Waals surface area contributed by atoms with E-state index < -0.39 is 16.0 Å². The standard InChI is InChI=1S/C13H17NO6S/c14-21(17,18)10-3-4-12(11(8-10)13(15)16)20-7-5-9-2-1-6-19-9/h3-4,8-9H,1-2,5-7H2,(H,15,16)(H2,14,17,18). The highest BCUT2D eigenvalue weighted by Gasteiger charge is 2.18. The maximum atomic E-state index is 11.2. The van der Waals surface area contributed by atoms with Gasteiger partial charge in [-0.25, -0.2) is 18.4 Å². The summed E-state index contributed by atoms with van der Waals surface area (Å²) in [5.41, 5.74) is -0.228. The van der Waals surface area contributed by atoms with Crippen LogP contribution in [0, 0.1) is 0 Å². The Morgan fingerprint density at radius 3 is 2.81 bits per heavy atom. The number of hydrogen-bond acceptors (Lipinski definition) is 5. The quantitative estimate of drug-likeness (QED) is 0.808. The van der Waals surface area contributed by atoms with Gasteiger partial charge in [0, 0.05) is 13.0 Å². The summed E-state index contributed by atoms with van der Waals surface area (Å²) in [7, 11) is -3.95. The van der Waals surface area contributed by atoms with Crippen LogP contribution in [0.25, 0.3) is 0 Å². The molecule has 7 nitrogen and oxygen atoms in total. The lowest BCUT2D eigenvalue weighted by atomic mass is 10.2. The van der Waals surface area contributed by atoms with Crippen molar-refractivity contribution in [2.45, 2.75) is 30.3 Å². The van der Waals surface area contributed by atoms with Crippen molar-refractivity contribution in [3.8, 4) is 5.75 Å². The van der Waals surface area contributed by atoms with Crippen LogP contribution in [0.15, 0.2) is 23.1 Å². The molecule has 1 fully saturated rings. The molecule has 1 aliphatic rings. The molecule has 3 N–H and O–H groups in total. The van der Waals surface area contributed by atoms with Gasteiger partial charge < -0.3 is 14.6 Å². The minimum absolute atomic E-state index is 0.118. The molecule has 0 saturated carbocycles. The van der Waals surface area contributed by atoms with E-state index in [0.717, 1.165) is 25.5 Å². The summed E-state index contributed by atoms with van der Waals surface area (Å²) in [6.45, 7) is 1.05. The first kappa shape index (κ1) is 15.7. The van der Waals surface area contributed by atoms with Crippen LogP contribution < -0.4 is 9.88 Å². The summed E-state index contributed by atoms with van der Waals surface area (Å²) in [6.07, 6.45) is 2.80. The summed E-state index contributed by atoms with van der Waals surface area (Å²) >= 11 is 0. The zero-order valence-electron chi connectivity index (χ0n) is 11.3. The van der Waals surface area contributed by atoms with Gasteiger partial charge in [0.05, 0.1) is 17.6 Å². The maximum Gasteiger partial charge on any atom is 0.339 e. The number of benzene rings is 1. The van der Waals surface area contributed by atoms with Crippen LogP contribution >= 0.6 is 0 Å². The number of ether oxygens (including phenoxy) is 2. The normalized spacial score (nSPS) is 18.6. The number of carboxylic acids is 1. The first-order valence-electron chi connectivity index (χ1n) is 6.52. The highest BCUT2D eigenvalue weighted by Crippen LogP contribution is 2.23. The smallest absolute Gasteiger partial charge is 0.339 e. The number of carbonyl (C=O) groups is 1. The highest BCUT2D eigenvalue weighted by atomic mass is 32.2. The van der Waals surface area contributed by atoms with Crippen molar-refractivity contribution < 1.29 is 27.8 Å². The zero-order valence-corrected chi connectivity index (χ0v) is 12.1. The summed E-state index contributed by atoms with van der Waals surface area (Å²) in [6, 6.07) is 3.53. The minimum atomic E-state index is -3.95. The average molecular weight is 315 g/mol. The molecule has 0 aromatic heterocycles.